The first-order valence-electron chi connectivity index (χ1n) is 22.1. The quantitative estimate of drug-likeness (QED) is 0.0356. The molecule has 0 aliphatic carbocycles. The van der Waals surface area contributed by atoms with Crippen molar-refractivity contribution in [3.05, 3.63) is 85.1 Å². The van der Waals surface area contributed by atoms with Crippen LogP contribution in [0.2, 0.25) is 0 Å². The zero-order valence-electron chi connectivity index (χ0n) is 35.2. The lowest BCUT2D eigenvalue weighted by atomic mass is 10.1. The van der Waals surface area contributed by atoms with Crippen molar-refractivity contribution in [2.45, 2.75) is 194 Å². The number of esters is 2. The van der Waals surface area contributed by atoms with E-state index in [-0.39, 0.29) is 25.2 Å². The van der Waals surface area contributed by atoms with E-state index in [0.717, 1.165) is 103 Å². The number of unbranched alkanes of at least 4 members (excludes halogenated alkanes) is 14. The maximum absolute atomic E-state index is 12.5. The molecule has 0 rings (SSSR count). The lowest BCUT2D eigenvalue weighted by Gasteiger charge is -2.18. The van der Waals surface area contributed by atoms with Gasteiger partial charge < -0.3 is 14.2 Å². The first kappa shape index (κ1) is 51.1. The monoisotopic (exact) mass is 751 g/mol. The summed E-state index contributed by atoms with van der Waals surface area (Å²) in [7, 11) is 0. The van der Waals surface area contributed by atoms with Crippen LogP contribution in [0, 0.1) is 0 Å². The molecule has 5 nitrogen and oxygen atoms in total. The number of allylic oxidation sites excluding steroid dienone is 14. The molecule has 0 fully saturated rings. The van der Waals surface area contributed by atoms with Gasteiger partial charge in [0.2, 0.25) is 0 Å². The number of hydrogen-bond donors (Lipinski definition) is 0. The van der Waals surface area contributed by atoms with Crippen molar-refractivity contribution in [3.63, 3.8) is 0 Å². The molecule has 0 amide bonds. The Balaban J connectivity index is 4.20. The van der Waals surface area contributed by atoms with Crippen LogP contribution in [0.5, 0.6) is 0 Å². The van der Waals surface area contributed by atoms with Crippen LogP contribution in [0.1, 0.15) is 188 Å². The Labute approximate surface area is 333 Å². The van der Waals surface area contributed by atoms with E-state index < -0.39 is 6.10 Å². The first-order valence-corrected chi connectivity index (χ1v) is 22.1. The van der Waals surface area contributed by atoms with Crippen LogP contribution >= 0.6 is 0 Å². The molecule has 54 heavy (non-hydrogen) atoms. The summed E-state index contributed by atoms with van der Waals surface area (Å²) in [6.45, 7) is 7.48. The van der Waals surface area contributed by atoms with E-state index in [1.165, 1.54) is 51.4 Å². The average Bonchev–Trinajstić information content (AvgIpc) is 3.17. The zero-order chi connectivity index (χ0) is 39.3. The zero-order valence-corrected chi connectivity index (χ0v) is 35.2. The standard InChI is InChI=1S/C49H82O5/c1-4-7-10-13-15-17-19-21-23-24-25-27-29-31-33-35-38-41-44-52-45-47(54-49(51)43-40-36-12-9-6-3)46-53-48(50)42-39-37-34-32-30-28-26-22-20-18-16-14-11-8-5-2/h7,10,15-18,21-23,25-27,31,33,47H,4-6,8-9,11-14,19-20,24,28-30,32,34-46H2,1-3H3/b10-7-,17-15-,18-16-,23-21-,26-22-,27-25-,33-31-. The van der Waals surface area contributed by atoms with Crippen molar-refractivity contribution in [2.75, 3.05) is 19.8 Å². The third-order valence-electron chi connectivity index (χ3n) is 8.92. The summed E-state index contributed by atoms with van der Waals surface area (Å²) in [6, 6.07) is 0. The summed E-state index contributed by atoms with van der Waals surface area (Å²) in [5.74, 6) is -0.457. The van der Waals surface area contributed by atoms with Gasteiger partial charge in [0.25, 0.3) is 0 Å². The average molecular weight is 751 g/mol. The fourth-order valence-electron chi connectivity index (χ4n) is 5.62. The summed E-state index contributed by atoms with van der Waals surface area (Å²) in [5, 5.41) is 0. The number of rotatable bonds is 39. The number of carbonyl (C=O) groups excluding carboxylic acids is 2. The number of hydrogen-bond acceptors (Lipinski definition) is 5. The molecule has 0 aromatic heterocycles. The van der Waals surface area contributed by atoms with E-state index in [9.17, 15) is 9.59 Å². The van der Waals surface area contributed by atoms with Gasteiger partial charge in [-0.2, -0.15) is 0 Å². The molecule has 308 valence electrons. The second-order valence-corrected chi connectivity index (χ2v) is 14.2. The number of carbonyl (C=O) groups is 2. The van der Waals surface area contributed by atoms with Gasteiger partial charge in [-0.15, -0.1) is 0 Å². The second-order valence-electron chi connectivity index (χ2n) is 14.2. The van der Waals surface area contributed by atoms with Crippen LogP contribution in [0.15, 0.2) is 85.1 Å². The molecule has 0 N–H and O–H groups in total. The SMILES string of the molecule is CC/C=C\C/C=C\C/C=C\C/C=C\C/C=C\CCCCOCC(COC(=O)CCCCCCC/C=C\C/C=C\CCCCC)OC(=O)CCCCCCC. The Bertz CT molecular complexity index is 1030. The van der Waals surface area contributed by atoms with Crippen LogP contribution in [0.25, 0.3) is 0 Å². The molecule has 0 aliphatic rings. The lowest BCUT2D eigenvalue weighted by Crippen LogP contribution is -2.30. The summed E-state index contributed by atoms with van der Waals surface area (Å²) in [4.78, 5) is 25.0. The molecule has 0 aliphatic heterocycles. The molecular weight excluding hydrogens is 669 g/mol. The molecular formula is C49H82O5. The minimum Gasteiger partial charge on any atom is -0.462 e. The highest BCUT2D eigenvalue weighted by atomic mass is 16.6. The van der Waals surface area contributed by atoms with Crippen LogP contribution in [0.4, 0.5) is 0 Å². The second kappa shape index (κ2) is 44.5. The van der Waals surface area contributed by atoms with E-state index in [2.05, 4.69) is 106 Å². The van der Waals surface area contributed by atoms with Gasteiger partial charge in [-0.3, -0.25) is 9.59 Å². The van der Waals surface area contributed by atoms with Gasteiger partial charge in [0.1, 0.15) is 6.61 Å². The van der Waals surface area contributed by atoms with Crippen molar-refractivity contribution < 1.29 is 23.8 Å². The van der Waals surface area contributed by atoms with E-state index in [4.69, 9.17) is 14.2 Å². The van der Waals surface area contributed by atoms with Gasteiger partial charge >= 0.3 is 11.9 Å². The molecule has 1 atom stereocenters. The Kier molecular flexibility index (Phi) is 42.1. The molecule has 5 heteroatoms. The van der Waals surface area contributed by atoms with Crippen LogP contribution in [0.3, 0.4) is 0 Å². The Hall–Kier alpha value is -2.92. The van der Waals surface area contributed by atoms with E-state index >= 15 is 0 Å². The first-order chi connectivity index (χ1) is 26.6. The highest BCUT2D eigenvalue weighted by Crippen LogP contribution is 2.11. The third-order valence-corrected chi connectivity index (χ3v) is 8.92. The predicted octanol–water partition coefficient (Wildman–Crippen LogP) is 14.6. The predicted molar refractivity (Wildman–Crippen MR) is 233 cm³/mol. The summed E-state index contributed by atoms with van der Waals surface area (Å²) in [5.41, 5.74) is 0. The van der Waals surface area contributed by atoms with Gasteiger partial charge in [-0.1, -0.05) is 164 Å². The minimum atomic E-state index is -0.562. The minimum absolute atomic E-state index is 0.0563. The fraction of sp³-hybridized carbons (Fsp3) is 0.673. The van der Waals surface area contributed by atoms with Gasteiger partial charge in [-0.05, 0) is 96.3 Å². The van der Waals surface area contributed by atoms with Crippen molar-refractivity contribution in [3.8, 4) is 0 Å². The Morgan fingerprint density at radius 2 is 0.833 bits per heavy atom. The van der Waals surface area contributed by atoms with Crippen LogP contribution in [-0.4, -0.2) is 37.9 Å². The molecule has 1 unspecified atom stereocenters. The largest absolute Gasteiger partial charge is 0.462 e. The smallest absolute Gasteiger partial charge is 0.306 e. The van der Waals surface area contributed by atoms with Crippen LogP contribution in [-0.2, 0) is 23.8 Å². The molecule has 0 aromatic carbocycles. The highest BCUT2D eigenvalue weighted by Gasteiger charge is 2.17. The highest BCUT2D eigenvalue weighted by molar-refractivity contribution is 5.70. The summed E-state index contributed by atoms with van der Waals surface area (Å²) >= 11 is 0. The summed E-state index contributed by atoms with van der Waals surface area (Å²) < 4.78 is 17.1. The van der Waals surface area contributed by atoms with E-state index in [1.54, 1.807) is 0 Å². The van der Waals surface area contributed by atoms with Gasteiger partial charge in [0.05, 0.1) is 6.61 Å². The molecule has 0 aromatic rings. The topological polar surface area (TPSA) is 61.8 Å². The maximum atomic E-state index is 12.5. The molecule has 0 bridgehead atoms. The van der Waals surface area contributed by atoms with Gasteiger partial charge in [0.15, 0.2) is 6.10 Å². The molecule has 0 heterocycles. The van der Waals surface area contributed by atoms with Gasteiger partial charge in [-0.25, -0.2) is 0 Å². The van der Waals surface area contributed by atoms with E-state index in [0.29, 0.717) is 19.4 Å². The van der Waals surface area contributed by atoms with Crippen molar-refractivity contribution in [1.82, 2.24) is 0 Å². The van der Waals surface area contributed by atoms with Crippen molar-refractivity contribution >= 4 is 11.9 Å². The van der Waals surface area contributed by atoms with Gasteiger partial charge in [0, 0.05) is 19.4 Å². The normalized spacial score (nSPS) is 13.0. The van der Waals surface area contributed by atoms with Crippen LogP contribution < -0.4 is 0 Å². The Morgan fingerprint density at radius 3 is 1.37 bits per heavy atom. The molecule has 0 radical (unpaired) electrons. The summed E-state index contributed by atoms with van der Waals surface area (Å²) in [6.07, 6.45) is 57.5. The van der Waals surface area contributed by atoms with Crippen molar-refractivity contribution in [1.29, 1.82) is 0 Å². The molecule has 0 spiro atoms. The van der Waals surface area contributed by atoms with Crippen molar-refractivity contribution in [2.24, 2.45) is 0 Å². The maximum Gasteiger partial charge on any atom is 0.306 e. The number of ether oxygens (including phenoxy) is 3. The third kappa shape index (κ3) is 41.8. The molecule has 0 saturated heterocycles. The van der Waals surface area contributed by atoms with E-state index in [1.807, 2.05) is 0 Å². The fourth-order valence-corrected chi connectivity index (χ4v) is 5.62. The lowest BCUT2D eigenvalue weighted by molar-refractivity contribution is -0.163. The Morgan fingerprint density at radius 1 is 0.426 bits per heavy atom. The molecule has 0 saturated carbocycles.